The molecule has 0 spiro atoms. The Labute approximate surface area is 141 Å². The van der Waals surface area contributed by atoms with Crippen LogP contribution in [0.4, 0.5) is 0 Å². The summed E-state index contributed by atoms with van der Waals surface area (Å²) in [5, 5.41) is 10.4. The lowest BCUT2D eigenvalue weighted by Gasteiger charge is -2.10. The molecule has 0 radical (unpaired) electrons. The first kappa shape index (κ1) is 16.2. The van der Waals surface area contributed by atoms with Gasteiger partial charge in [-0.05, 0) is 18.4 Å². The van der Waals surface area contributed by atoms with Crippen molar-refractivity contribution >= 4 is 46.6 Å². The van der Waals surface area contributed by atoms with E-state index in [1.807, 2.05) is 12.3 Å². The number of nitriles is 1. The van der Waals surface area contributed by atoms with Gasteiger partial charge in [-0.1, -0.05) is 46.6 Å². The predicted molar refractivity (Wildman–Crippen MR) is 85.5 cm³/mol. The second-order valence-corrected chi connectivity index (χ2v) is 5.73. The van der Waals surface area contributed by atoms with E-state index < -0.39 is 0 Å². The molecule has 21 heavy (non-hydrogen) atoms. The molecule has 0 atom stereocenters. The van der Waals surface area contributed by atoms with Crippen LogP contribution in [-0.2, 0) is 0 Å². The number of methoxy groups -OCH3 is 1. The van der Waals surface area contributed by atoms with Crippen LogP contribution >= 0.6 is 46.6 Å². The fraction of sp³-hybridized carbons (Fsp3) is 0.154. The lowest BCUT2D eigenvalue weighted by Crippen LogP contribution is -1.97. The van der Waals surface area contributed by atoms with E-state index in [2.05, 4.69) is 9.97 Å². The van der Waals surface area contributed by atoms with E-state index in [4.69, 9.17) is 39.5 Å². The monoisotopic (exact) mass is 359 g/mol. The van der Waals surface area contributed by atoms with Gasteiger partial charge in [0.25, 0.3) is 0 Å². The number of hydrogen-bond acceptors (Lipinski definition) is 5. The van der Waals surface area contributed by atoms with Gasteiger partial charge in [0, 0.05) is 5.56 Å². The number of thioether (sulfide) groups is 1. The molecule has 0 saturated heterocycles. The smallest absolute Gasteiger partial charge is 0.189 e. The molecule has 0 unspecified atom stereocenters. The van der Waals surface area contributed by atoms with Crippen LogP contribution in [0.2, 0.25) is 15.2 Å². The summed E-state index contributed by atoms with van der Waals surface area (Å²) in [5.74, 6) is 0.392. The van der Waals surface area contributed by atoms with E-state index >= 15 is 0 Å². The van der Waals surface area contributed by atoms with E-state index in [1.165, 1.54) is 18.9 Å². The summed E-state index contributed by atoms with van der Waals surface area (Å²) in [6, 6.07) is 5.26. The summed E-state index contributed by atoms with van der Waals surface area (Å²) in [5.41, 5.74) is 1.14. The minimum Gasteiger partial charge on any atom is -0.495 e. The van der Waals surface area contributed by atoms with Crippen molar-refractivity contribution < 1.29 is 4.74 Å². The highest BCUT2D eigenvalue weighted by molar-refractivity contribution is 7.98. The van der Waals surface area contributed by atoms with E-state index in [9.17, 15) is 5.26 Å². The van der Waals surface area contributed by atoms with Gasteiger partial charge in [0.1, 0.15) is 22.4 Å². The van der Waals surface area contributed by atoms with E-state index in [1.54, 1.807) is 12.1 Å². The SMILES string of the molecule is COc1cc(-c2nc(SC)nc(Cl)c2C#N)cc(Cl)c1Cl. The van der Waals surface area contributed by atoms with E-state index in [-0.39, 0.29) is 10.7 Å². The molecule has 1 heterocycles. The average molecular weight is 361 g/mol. The minimum atomic E-state index is 0.0943. The number of halogens is 3. The molecule has 0 fully saturated rings. The maximum atomic E-state index is 9.26. The molecule has 0 aliphatic heterocycles. The number of hydrogen-bond donors (Lipinski definition) is 0. The van der Waals surface area contributed by atoms with Crippen LogP contribution in [0.15, 0.2) is 17.3 Å². The zero-order chi connectivity index (χ0) is 15.6. The minimum absolute atomic E-state index is 0.0943. The number of aromatic nitrogens is 2. The molecule has 0 aliphatic carbocycles. The van der Waals surface area contributed by atoms with Gasteiger partial charge in [-0.3, -0.25) is 0 Å². The summed E-state index contributed by atoms with van der Waals surface area (Å²) in [7, 11) is 1.48. The zero-order valence-electron chi connectivity index (χ0n) is 10.9. The van der Waals surface area contributed by atoms with Crippen molar-refractivity contribution in [2.75, 3.05) is 13.4 Å². The van der Waals surface area contributed by atoms with Gasteiger partial charge in [-0.15, -0.1) is 0 Å². The zero-order valence-corrected chi connectivity index (χ0v) is 14.0. The van der Waals surface area contributed by atoms with Crippen molar-refractivity contribution in [1.82, 2.24) is 9.97 Å². The molecule has 108 valence electrons. The molecule has 2 rings (SSSR count). The summed E-state index contributed by atoms with van der Waals surface area (Å²) >= 11 is 19.5. The van der Waals surface area contributed by atoms with Crippen molar-refractivity contribution in [3.8, 4) is 23.1 Å². The third kappa shape index (κ3) is 3.19. The lowest BCUT2D eigenvalue weighted by atomic mass is 10.1. The van der Waals surface area contributed by atoms with Crippen molar-refractivity contribution in [2.45, 2.75) is 5.16 Å². The molecule has 0 saturated carbocycles. The molecule has 1 aromatic heterocycles. The topological polar surface area (TPSA) is 58.8 Å². The molecule has 0 bridgehead atoms. The third-order valence-electron chi connectivity index (χ3n) is 2.63. The van der Waals surface area contributed by atoms with Gasteiger partial charge < -0.3 is 4.74 Å². The van der Waals surface area contributed by atoms with Crippen molar-refractivity contribution in [2.24, 2.45) is 0 Å². The Balaban J connectivity index is 2.75. The quantitative estimate of drug-likeness (QED) is 0.451. The standard InChI is InChI=1S/C13H8Cl3N3OS/c1-20-9-4-6(3-8(14)10(9)15)11-7(5-17)12(16)19-13(18-11)21-2/h3-4H,1-2H3. The molecule has 1 aromatic carbocycles. The van der Waals surface area contributed by atoms with Crippen molar-refractivity contribution in [3.05, 3.63) is 32.9 Å². The summed E-state index contributed by atoms with van der Waals surface area (Å²) in [6.45, 7) is 0. The number of ether oxygens (including phenoxy) is 1. The molecule has 2 aromatic rings. The fourth-order valence-electron chi connectivity index (χ4n) is 1.66. The highest BCUT2D eigenvalue weighted by atomic mass is 35.5. The summed E-state index contributed by atoms with van der Waals surface area (Å²) < 4.78 is 5.17. The van der Waals surface area contributed by atoms with Crippen LogP contribution in [0, 0.1) is 11.3 Å². The summed E-state index contributed by atoms with van der Waals surface area (Å²) in [4.78, 5) is 8.36. The lowest BCUT2D eigenvalue weighted by molar-refractivity contribution is 0.415. The van der Waals surface area contributed by atoms with Crippen LogP contribution in [-0.4, -0.2) is 23.3 Å². The van der Waals surface area contributed by atoms with E-state index in [0.717, 1.165) is 0 Å². The van der Waals surface area contributed by atoms with Gasteiger partial charge in [0.15, 0.2) is 10.3 Å². The van der Waals surface area contributed by atoms with Gasteiger partial charge in [0.2, 0.25) is 0 Å². The highest BCUT2D eigenvalue weighted by Crippen LogP contribution is 2.38. The normalized spacial score (nSPS) is 10.3. The fourth-order valence-corrected chi connectivity index (χ4v) is 2.69. The highest BCUT2D eigenvalue weighted by Gasteiger charge is 2.17. The molecule has 0 N–H and O–H groups in total. The molecule has 8 heteroatoms. The first-order valence-corrected chi connectivity index (χ1v) is 7.92. The number of rotatable bonds is 3. The maximum Gasteiger partial charge on any atom is 0.189 e. The largest absolute Gasteiger partial charge is 0.495 e. The van der Waals surface area contributed by atoms with Gasteiger partial charge >= 0.3 is 0 Å². The van der Waals surface area contributed by atoms with Gasteiger partial charge in [-0.2, -0.15) is 5.26 Å². The van der Waals surface area contributed by atoms with Crippen molar-refractivity contribution in [1.29, 1.82) is 5.26 Å². The maximum absolute atomic E-state index is 9.26. The number of nitrogens with zero attached hydrogens (tertiary/aromatic N) is 3. The Morgan fingerprint density at radius 1 is 1.24 bits per heavy atom. The van der Waals surface area contributed by atoms with Crippen LogP contribution in [0.5, 0.6) is 5.75 Å². The van der Waals surface area contributed by atoms with Crippen LogP contribution in [0.3, 0.4) is 0 Å². The first-order valence-electron chi connectivity index (χ1n) is 5.56. The number of benzene rings is 1. The third-order valence-corrected chi connectivity index (χ3v) is 4.23. The van der Waals surface area contributed by atoms with Gasteiger partial charge in [0.05, 0.1) is 17.8 Å². The first-order chi connectivity index (χ1) is 10.0. The van der Waals surface area contributed by atoms with Crippen LogP contribution in [0.25, 0.3) is 11.3 Å². The van der Waals surface area contributed by atoms with E-state index in [0.29, 0.717) is 32.2 Å². The second kappa shape index (κ2) is 6.71. The average Bonchev–Trinajstić information content (AvgIpc) is 2.48. The van der Waals surface area contributed by atoms with Gasteiger partial charge in [-0.25, -0.2) is 9.97 Å². The molecular formula is C13H8Cl3N3OS. The van der Waals surface area contributed by atoms with Crippen LogP contribution < -0.4 is 4.74 Å². The van der Waals surface area contributed by atoms with Crippen LogP contribution in [0.1, 0.15) is 5.56 Å². The Morgan fingerprint density at radius 2 is 1.95 bits per heavy atom. The predicted octanol–water partition coefficient (Wildman–Crippen LogP) is 4.71. The second-order valence-electron chi connectivity index (χ2n) is 3.81. The Morgan fingerprint density at radius 3 is 2.52 bits per heavy atom. The Kier molecular flexibility index (Phi) is 5.17. The Hall–Kier alpha value is -1.19. The molecule has 0 amide bonds. The Bertz CT molecular complexity index is 746. The molecule has 4 nitrogen and oxygen atoms in total. The van der Waals surface area contributed by atoms with Crippen molar-refractivity contribution in [3.63, 3.8) is 0 Å². The molecular weight excluding hydrogens is 353 g/mol. The summed E-state index contributed by atoms with van der Waals surface area (Å²) in [6.07, 6.45) is 1.82. The molecule has 0 aliphatic rings.